The molecule has 0 spiro atoms. The van der Waals surface area contributed by atoms with Crippen LogP contribution in [0.15, 0.2) is 35.1 Å². The minimum atomic E-state index is 0.648. The molecule has 2 aromatic rings. The van der Waals surface area contributed by atoms with Crippen LogP contribution in [0.1, 0.15) is 5.82 Å². The fraction of sp³-hybridized carbons (Fsp3) is 0.273. The van der Waals surface area contributed by atoms with Gasteiger partial charge in [0.15, 0.2) is 0 Å². The van der Waals surface area contributed by atoms with E-state index in [4.69, 9.17) is 4.74 Å². The van der Waals surface area contributed by atoms with Gasteiger partial charge in [-0.2, -0.15) is 5.10 Å². The highest BCUT2D eigenvalue weighted by Crippen LogP contribution is 2.14. The van der Waals surface area contributed by atoms with Crippen LogP contribution in [0, 0.1) is 0 Å². The lowest BCUT2D eigenvalue weighted by atomic mass is 10.3. The van der Waals surface area contributed by atoms with Crippen molar-refractivity contribution in [1.29, 1.82) is 0 Å². The molecule has 16 heavy (non-hydrogen) atoms. The van der Waals surface area contributed by atoms with Crippen LogP contribution in [-0.4, -0.2) is 28.5 Å². The minimum absolute atomic E-state index is 0.648. The summed E-state index contributed by atoms with van der Waals surface area (Å²) in [5, 5.41) is 4.20. The van der Waals surface area contributed by atoms with Gasteiger partial charge in [0.25, 0.3) is 0 Å². The standard InChI is InChI=1S/C11H12BrN3O/c1-16-7-6-11-13-8-14-15(11)10-4-2-9(12)3-5-10/h2-5,8H,6-7H2,1H3. The maximum absolute atomic E-state index is 5.04. The fourth-order valence-electron chi connectivity index (χ4n) is 1.43. The van der Waals surface area contributed by atoms with Crippen molar-refractivity contribution in [3.05, 3.63) is 40.9 Å². The van der Waals surface area contributed by atoms with E-state index in [-0.39, 0.29) is 0 Å². The Kier molecular flexibility index (Phi) is 3.69. The second-order valence-electron chi connectivity index (χ2n) is 3.31. The lowest BCUT2D eigenvalue weighted by Gasteiger charge is -2.05. The number of hydrogen-bond donors (Lipinski definition) is 0. The van der Waals surface area contributed by atoms with Crippen LogP contribution in [0.3, 0.4) is 0 Å². The number of ether oxygens (including phenoxy) is 1. The van der Waals surface area contributed by atoms with Crippen LogP contribution in [0.25, 0.3) is 5.69 Å². The molecule has 0 aliphatic carbocycles. The third-order valence-electron chi connectivity index (χ3n) is 2.22. The molecular formula is C11H12BrN3O. The van der Waals surface area contributed by atoms with E-state index in [9.17, 15) is 0 Å². The molecule has 0 N–H and O–H groups in total. The second-order valence-corrected chi connectivity index (χ2v) is 4.22. The summed E-state index contributed by atoms with van der Waals surface area (Å²) in [6, 6.07) is 7.96. The molecule has 0 fully saturated rings. The number of rotatable bonds is 4. The van der Waals surface area contributed by atoms with Gasteiger partial charge in [-0.05, 0) is 24.3 Å². The summed E-state index contributed by atoms with van der Waals surface area (Å²) < 4.78 is 7.91. The summed E-state index contributed by atoms with van der Waals surface area (Å²) in [4.78, 5) is 4.21. The van der Waals surface area contributed by atoms with Crippen molar-refractivity contribution in [2.24, 2.45) is 0 Å². The van der Waals surface area contributed by atoms with E-state index >= 15 is 0 Å². The highest BCUT2D eigenvalue weighted by Gasteiger charge is 2.05. The van der Waals surface area contributed by atoms with Gasteiger partial charge in [0.05, 0.1) is 12.3 Å². The van der Waals surface area contributed by atoms with Gasteiger partial charge in [-0.15, -0.1) is 0 Å². The first kappa shape index (κ1) is 11.3. The van der Waals surface area contributed by atoms with Crippen LogP contribution in [0.4, 0.5) is 0 Å². The summed E-state index contributed by atoms with van der Waals surface area (Å²) in [6.45, 7) is 0.648. The molecule has 1 aromatic carbocycles. The highest BCUT2D eigenvalue weighted by atomic mass is 79.9. The molecule has 0 saturated carbocycles. The first-order valence-electron chi connectivity index (χ1n) is 4.95. The number of hydrogen-bond acceptors (Lipinski definition) is 3. The van der Waals surface area contributed by atoms with Crippen molar-refractivity contribution < 1.29 is 4.74 Å². The predicted molar refractivity (Wildman–Crippen MR) is 64.6 cm³/mol. The molecule has 0 atom stereocenters. The molecule has 0 saturated heterocycles. The summed E-state index contributed by atoms with van der Waals surface area (Å²) in [5.41, 5.74) is 1.01. The second kappa shape index (κ2) is 5.23. The molecule has 0 amide bonds. The smallest absolute Gasteiger partial charge is 0.138 e. The number of nitrogens with zero attached hydrogens (tertiary/aromatic N) is 3. The lowest BCUT2D eigenvalue weighted by Crippen LogP contribution is -2.06. The third kappa shape index (κ3) is 2.48. The molecule has 0 unspecified atom stereocenters. The largest absolute Gasteiger partial charge is 0.384 e. The quantitative estimate of drug-likeness (QED) is 0.863. The Morgan fingerprint density at radius 2 is 2.06 bits per heavy atom. The molecule has 0 aliphatic heterocycles. The molecule has 1 heterocycles. The van der Waals surface area contributed by atoms with Gasteiger partial charge in [-0.3, -0.25) is 0 Å². The van der Waals surface area contributed by atoms with Gasteiger partial charge in [-0.1, -0.05) is 15.9 Å². The average Bonchev–Trinajstić information content (AvgIpc) is 2.75. The molecule has 0 aliphatic rings. The number of halogens is 1. The van der Waals surface area contributed by atoms with E-state index in [1.807, 2.05) is 28.9 Å². The van der Waals surface area contributed by atoms with Crippen LogP contribution >= 0.6 is 15.9 Å². The van der Waals surface area contributed by atoms with E-state index in [2.05, 4.69) is 26.0 Å². The Bertz CT molecular complexity index is 453. The Hall–Kier alpha value is -1.20. The van der Waals surface area contributed by atoms with Crippen molar-refractivity contribution in [2.75, 3.05) is 13.7 Å². The summed E-state index contributed by atoms with van der Waals surface area (Å²) >= 11 is 3.40. The normalized spacial score (nSPS) is 10.6. The van der Waals surface area contributed by atoms with Gasteiger partial charge in [0.1, 0.15) is 12.2 Å². The summed E-state index contributed by atoms with van der Waals surface area (Å²) in [7, 11) is 1.68. The van der Waals surface area contributed by atoms with E-state index in [0.29, 0.717) is 6.61 Å². The van der Waals surface area contributed by atoms with Crippen molar-refractivity contribution in [2.45, 2.75) is 6.42 Å². The zero-order valence-corrected chi connectivity index (χ0v) is 10.5. The van der Waals surface area contributed by atoms with E-state index < -0.39 is 0 Å². The lowest BCUT2D eigenvalue weighted by molar-refractivity contribution is 0.200. The van der Waals surface area contributed by atoms with Crippen molar-refractivity contribution >= 4 is 15.9 Å². The van der Waals surface area contributed by atoms with Gasteiger partial charge in [0.2, 0.25) is 0 Å². The maximum Gasteiger partial charge on any atom is 0.138 e. The zero-order chi connectivity index (χ0) is 11.4. The number of benzene rings is 1. The highest BCUT2D eigenvalue weighted by molar-refractivity contribution is 9.10. The zero-order valence-electron chi connectivity index (χ0n) is 8.93. The number of aromatic nitrogens is 3. The van der Waals surface area contributed by atoms with Gasteiger partial charge in [0, 0.05) is 18.0 Å². The van der Waals surface area contributed by atoms with Crippen molar-refractivity contribution in [1.82, 2.24) is 14.8 Å². The van der Waals surface area contributed by atoms with Gasteiger partial charge < -0.3 is 4.74 Å². The molecule has 4 nitrogen and oxygen atoms in total. The molecule has 5 heteroatoms. The number of methoxy groups -OCH3 is 1. The fourth-order valence-corrected chi connectivity index (χ4v) is 1.69. The van der Waals surface area contributed by atoms with Crippen LogP contribution in [0.5, 0.6) is 0 Å². The van der Waals surface area contributed by atoms with E-state index in [1.165, 1.54) is 0 Å². The van der Waals surface area contributed by atoms with Gasteiger partial charge in [-0.25, -0.2) is 9.67 Å². The van der Waals surface area contributed by atoms with Crippen LogP contribution < -0.4 is 0 Å². The molecule has 0 radical (unpaired) electrons. The van der Waals surface area contributed by atoms with Crippen molar-refractivity contribution in [3.8, 4) is 5.69 Å². The first-order valence-corrected chi connectivity index (χ1v) is 5.74. The minimum Gasteiger partial charge on any atom is -0.384 e. The molecular weight excluding hydrogens is 270 g/mol. The molecule has 0 bridgehead atoms. The molecule has 84 valence electrons. The Labute approximate surface area is 102 Å². The summed E-state index contributed by atoms with van der Waals surface area (Å²) in [6.07, 6.45) is 2.32. The average molecular weight is 282 g/mol. The third-order valence-corrected chi connectivity index (χ3v) is 2.75. The molecule has 1 aromatic heterocycles. The van der Waals surface area contributed by atoms with Crippen LogP contribution in [0.2, 0.25) is 0 Å². The van der Waals surface area contributed by atoms with Gasteiger partial charge >= 0.3 is 0 Å². The predicted octanol–water partition coefficient (Wildman–Crippen LogP) is 2.22. The van der Waals surface area contributed by atoms with E-state index in [0.717, 1.165) is 22.4 Å². The van der Waals surface area contributed by atoms with Crippen molar-refractivity contribution in [3.63, 3.8) is 0 Å². The Morgan fingerprint density at radius 3 is 2.75 bits per heavy atom. The maximum atomic E-state index is 5.04. The Morgan fingerprint density at radius 1 is 1.31 bits per heavy atom. The monoisotopic (exact) mass is 281 g/mol. The topological polar surface area (TPSA) is 39.9 Å². The Balaban J connectivity index is 2.26. The molecule has 2 rings (SSSR count). The van der Waals surface area contributed by atoms with E-state index in [1.54, 1.807) is 13.4 Å². The first-order chi connectivity index (χ1) is 7.81. The van der Waals surface area contributed by atoms with Crippen LogP contribution in [-0.2, 0) is 11.2 Å². The SMILES string of the molecule is COCCc1ncnn1-c1ccc(Br)cc1. The summed E-state index contributed by atoms with van der Waals surface area (Å²) in [5.74, 6) is 0.907.